The van der Waals surface area contributed by atoms with Crippen LogP contribution in [0.15, 0.2) is 36.5 Å². The van der Waals surface area contributed by atoms with E-state index >= 15 is 0 Å². The number of pyridine rings is 1. The van der Waals surface area contributed by atoms with Gasteiger partial charge >= 0.3 is 0 Å². The number of benzene rings is 1. The Labute approximate surface area is 103 Å². The van der Waals surface area contributed by atoms with Crippen molar-refractivity contribution in [3.8, 4) is 17.2 Å². The first-order chi connectivity index (χ1) is 8.20. The second-order valence-electron chi connectivity index (χ2n) is 3.49. The zero-order valence-corrected chi connectivity index (χ0v) is 9.58. The van der Waals surface area contributed by atoms with Gasteiger partial charge < -0.3 is 0 Å². The summed E-state index contributed by atoms with van der Waals surface area (Å²) in [4.78, 5) is 4.10. The van der Waals surface area contributed by atoms with Gasteiger partial charge in [0.2, 0.25) is 0 Å². The van der Waals surface area contributed by atoms with Crippen LogP contribution in [0.2, 0.25) is 5.02 Å². The first-order valence-corrected chi connectivity index (χ1v) is 5.36. The summed E-state index contributed by atoms with van der Waals surface area (Å²) in [5, 5.41) is 9.18. The van der Waals surface area contributed by atoms with E-state index in [-0.39, 0.29) is 12.2 Å². The van der Waals surface area contributed by atoms with Gasteiger partial charge in [-0.2, -0.15) is 5.26 Å². The van der Waals surface area contributed by atoms with E-state index in [1.807, 2.05) is 6.07 Å². The molecule has 0 atom stereocenters. The van der Waals surface area contributed by atoms with Gasteiger partial charge in [-0.3, -0.25) is 4.98 Å². The SMILES string of the molecule is N#CCc1ncc(Cl)cc1-c1cccc(F)c1. The van der Waals surface area contributed by atoms with Crippen molar-refractivity contribution in [3.05, 3.63) is 53.1 Å². The molecule has 0 amide bonds. The van der Waals surface area contributed by atoms with Gasteiger partial charge in [0.25, 0.3) is 0 Å². The van der Waals surface area contributed by atoms with Crippen LogP contribution < -0.4 is 0 Å². The fraction of sp³-hybridized carbons (Fsp3) is 0.0769. The molecule has 0 fully saturated rings. The Morgan fingerprint density at radius 3 is 2.88 bits per heavy atom. The van der Waals surface area contributed by atoms with E-state index in [9.17, 15) is 4.39 Å². The summed E-state index contributed by atoms with van der Waals surface area (Å²) in [7, 11) is 0. The first kappa shape index (κ1) is 11.6. The van der Waals surface area contributed by atoms with Gasteiger partial charge in [-0.25, -0.2) is 4.39 Å². The summed E-state index contributed by atoms with van der Waals surface area (Å²) in [6.07, 6.45) is 1.65. The average molecular weight is 247 g/mol. The molecule has 2 nitrogen and oxygen atoms in total. The predicted molar refractivity (Wildman–Crippen MR) is 64.0 cm³/mol. The van der Waals surface area contributed by atoms with Crippen molar-refractivity contribution in [1.82, 2.24) is 4.98 Å². The number of rotatable bonds is 2. The van der Waals surface area contributed by atoms with Gasteiger partial charge in [-0.15, -0.1) is 0 Å². The molecule has 17 heavy (non-hydrogen) atoms. The quantitative estimate of drug-likeness (QED) is 0.812. The minimum atomic E-state index is -0.328. The maximum Gasteiger partial charge on any atom is 0.123 e. The highest BCUT2D eigenvalue weighted by atomic mass is 35.5. The van der Waals surface area contributed by atoms with Crippen LogP contribution in [0.4, 0.5) is 4.39 Å². The summed E-state index contributed by atoms with van der Waals surface area (Å²) in [6.45, 7) is 0. The summed E-state index contributed by atoms with van der Waals surface area (Å²) in [5.41, 5.74) is 1.96. The average Bonchev–Trinajstić information content (AvgIpc) is 2.32. The smallest absolute Gasteiger partial charge is 0.123 e. The van der Waals surface area contributed by atoms with Gasteiger partial charge in [-0.1, -0.05) is 23.7 Å². The lowest BCUT2D eigenvalue weighted by Gasteiger charge is -2.06. The molecule has 1 aromatic heterocycles. The topological polar surface area (TPSA) is 36.7 Å². The van der Waals surface area contributed by atoms with Crippen molar-refractivity contribution in [1.29, 1.82) is 5.26 Å². The van der Waals surface area contributed by atoms with Gasteiger partial charge in [0, 0.05) is 11.8 Å². The highest BCUT2D eigenvalue weighted by molar-refractivity contribution is 6.30. The second kappa shape index (κ2) is 4.94. The number of aromatic nitrogens is 1. The molecule has 0 radical (unpaired) electrons. The lowest BCUT2D eigenvalue weighted by Crippen LogP contribution is -1.93. The predicted octanol–water partition coefficient (Wildman–Crippen LogP) is 3.61. The van der Waals surface area contributed by atoms with Crippen LogP contribution >= 0.6 is 11.6 Å². The van der Waals surface area contributed by atoms with Crippen molar-refractivity contribution in [2.75, 3.05) is 0 Å². The molecule has 0 spiro atoms. The monoisotopic (exact) mass is 246 g/mol. The summed E-state index contributed by atoms with van der Waals surface area (Å²) in [5.74, 6) is -0.328. The third-order valence-electron chi connectivity index (χ3n) is 2.32. The second-order valence-corrected chi connectivity index (χ2v) is 3.93. The molecule has 1 aromatic carbocycles. The molecule has 0 bridgehead atoms. The largest absolute Gasteiger partial charge is 0.258 e. The van der Waals surface area contributed by atoms with Crippen LogP contribution in [0, 0.1) is 17.1 Å². The maximum atomic E-state index is 13.2. The lowest BCUT2D eigenvalue weighted by molar-refractivity contribution is 0.628. The third kappa shape index (κ3) is 2.61. The van der Waals surface area contributed by atoms with Crippen LogP contribution in [0.25, 0.3) is 11.1 Å². The molecule has 0 saturated carbocycles. The van der Waals surface area contributed by atoms with E-state index in [0.717, 1.165) is 0 Å². The number of hydrogen-bond acceptors (Lipinski definition) is 2. The van der Waals surface area contributed by atoms with E-state index in [4.69, 9.17) is 16.9 Å². The van der Waals surface area contributed by atoms with E-state index in [2.05, 4.69) is 4.98 Å². The number of halogens is 2. The van der Waals surface area contributed by atoms with Gasteiger partial charge in [-0.05, 0) is 23.8 Å². The molecule has 0 aliphatic heterocycles. The fourth-order valence-electron chi connectivity index (χ4n) is 1.59. The van der Waals surface area contributed by atoms with E-state index in [1.165, 1.54) is 18.3 Å². The van der Waals surface area contributed by atoms with Crippen molar-refractivity contribution < 1.29 is 4.39 Å². The van der Waals surface area contributed by atoms with Crippen LogP contribution in [0.1, 0.15) is 5.69 Å². The first-order valence-electron chi connectivity index (χ1n) is 4.98. The Kier molecular flexibility index (Phi) is 3.36. The van der Waals surface area contributed by atoms with E-state index in [0.29, 0.717) is 21.8 Å². The molecule has 0 aliphatic rings. The van der Waals surface area contributed by atoms with Crippen LogP contribution in [-0.2, 0) is 6.42 Å². The fourth-order valence-corrected chi connectivity index (χ4v) is 1.75. The zero-order chi connectivity index (χ0) is 12.3. The Bertz CT molecular complexity index is 590. The summed E-state index contributed by atoms with van der Waals surface area (Å²) < 4.78 is 13.2. The normalized spacial score (nSPS) is 9.94. The standard InChI is InChI=1S/C13H8ClFN2/c14-10-7-12(13(4-5-16)17-8-10)9-2-1-3-11(15)6-9/h1-3,6-8H,4H2. The number of nitrogens with zero attached hydrogens (tertiary/aromatic N) is 2. The minimum Gasteiger partial charge on any atom is -0.258 e. The molecule has 2 aromatic rings. The maximum absolute atomic E-state index is 13.2. The van der Waals surface area contributed by atoms with Crippen molar-refractivity contribution >= 4 is 11.6 Å². The van der Waals surface area contributed by atoms with Gasteiger partial charge in [0.15, 0.2) is 0 Å². The van der Waals surface area contributed by atoms with Crippen LogP contribution in [0.3, 0.4) is 0 Å². The molecule has 0 N–H and O–H groups in total. The number of hydrogen-bond donors (Lipinski definition) is 0. The molecular weight excluding hydrogens is 239 g/mol. The van der Waals surface area contributed by atoms with Crippen molar-refractivity contribution in [2.45, 2.75) is 6.42 Å². The zero-order valence-electron chi connectivity index (χ0n) is 8.82. The molecule has 1 heterocycles. The third-order valence-corrected chi connectivity index (χ3v) is 2.53. The minimum absolute atomic E-state index is 0.170. The van der Waals surface area contributed by atoms with Crippen molar-refractivity contribution in [2.24, 2.45) is 0 Å². The molecule has 0 unspecified atom stereocenters. The highest BCUT2D eigenvalue weighted by Crippen LogP contribution is 2.26. The Balaban J connectivity index is 2.57. The lowest BCUT2D eigenvalue weighted by atomic mass is 10.0. The Morgan fingerprint density at radius 1 is 1.35 bits per heavy atom. The van der Waals surface area contributed by atoms with Crippen molar-refractivity contribution in [3.63, 3.8) is 0 Å². The van der Waals surface area contributed by atoms with Gasteiger partial charge in [0.1, 0.15) is 5.82 Å². The summed E-state index contributed by atoms with van der Waals surface area (Å²) in [6, 6.07) is 9.86. The van der Waals surface area contributed by atoms with Crippen LogP contribution in [-0.4, -0.2) is 4.98 Å². The highest BCUT2D eigenvalue weighted by Gasteiger charge is 2.08. The molecule has 84 valence electrons. The Morgan fingerprint density at radius 2 is 2.18 bits per heavy atom. The number of nitriles is 1. The van der Waals surface area contributed by atoms with E-state index in [1.54, 1.807) is 18.2 Å². The van der Waals surface area contributed by atoms with E-state index < -0.39 is 0 Å². The van der Waals surface area contributed by atoms with Gasteiger partial charge in [0.05, 0.1) is 23.2 Å². The summed E-state index contributed by atoms with van der Waals surface area (Å²) >= 11 is 5.87. The molecule has 4 heteroatoms. The Hall–Kier alpha value is -1.92. The molecule has 2 rings (SSSR count). The molecular formula is C13H8ClFN2. The van der Waals surface area contributed by atoms with Crippen LogP contribution in [0.5, 0.6) is 0 Å². The molecule has 0 saturated heterocycles. The molecule has 0 aliphatic carbocycles.